The molecule has 1 heterocycles. The van der Waals surface area contributed by atoms with E-state index >= 15 is 0 Å². The SMILES string of the molecule is O=C1OC2(CC=CC2)[C@@H]2[C@H]1[C@@H]1C=C[C@H]2C1. The number of carbonyl (C=O) groups excluding carboxylic acids is 1. The Hall–Kier alpha value is -1.05. The van der Waals surface area contributed by atoms with Crippen LogP contribution in [0.15, 0.2) is 24.3 Å². The van der Waals surface area contributed by atoms with Crippen LogP contribution in [0.5, 0.6) is 0 Å². The van der Waals surface area contributed by atoms with Crippen molar-refractivity contribution in [2.75, 3.05) is 0 Å². The Bertz CT molecular complexity index is 385. The quantitative estimate of drug-likeness (QED) is 0.444. The maximum Gasteiger partial charge on any atom is 0.310 e. The highest BCUT2D eigenvalue weighted by Crippen LogP contribution is 2.60. The molecular weight excluding hydrogens is 188 g/mol. The first-order valence-electron chi connectivity index (χ1n) is 5.86. The van der Waals surface area contributed by atoms with Gasteiger partial charge in [0.1, 0.15) is 5.60 Å². The standard InChI is InChI=1S/C13H14O2/c14-12-10-8-3-4-9(7-8)11(10)13(15-12)5-1-2-6-13/h1-4,8-11H,5-7H2/t8-,9+,10-,11+/m1/s1. The second kappa shape index (κ2) is 2.37. The van der Waals surface area contributed by atoms with Crippen molar-refractivity contribution in [3.05, 3.63) is 24.3 Å². The first-order chi connectivity index (χ1) is 7.30. The van der Waals surface area contributed by atoms with Crippen LogP contribution in [0, 0.1) is 23.7 Å². The minimum atomic E-state index is -0.147. The summed E-state index contributed by atoms with van der Waals surface area (Å²) in [7, 11) is 0. The average molecular weight is 202 g/mol. The van der Waals surface area contributed by atoms with E-state index in [-0.39, 0.29) is 17.5 Å². The summed E-state index contributed by atoms with van der Waals surface area (Å²) < 4.78 is 5.72. The first-order valence-corrected chi connectivity index (χ1v) is 5.86. The summed E-state index contributed by atoms with van der Waals surface area (Å²) in [6, 6.07) is 0. The second-order valence-electron chi connectivity index (χ2n) is 5.37. The van der Waals surface area contributed by atoms with Gasteiger partial charge in [0.25, 0.3) is 0 Å². The molecule has 2 nitrogen and oxygen atoms in total. The van der Waals surface area contributed by atoms with Gasteiger partial charge in [0.15, 0.2) is 0 Å². The van der Waals surface area contributed by atoms with Gasteiger partial charge in [-0.05, 0) is 18.3 Å². The molecule has 1 aliphatic heterocycles. The van der Waals surface area contributed by atoms with E-state index < -0.39 is 0 Å². The smallest absolute Gasteiger partial charge is 0.310 e. The van der Waals surface area contributed by atoms with Crippen LogP contribution in [0.25, 0.3) is 0 Å². The van der Waals surface area contributed by atoms with Crippen LogP contribution in [-0.2, 0) is 9.53 Å². The van der Waals surface area contributed by atoms with Gasteiger partial charge in [-0.1, -0.05) is 24.3 Å². The Labute approximate surface area is 89.0 Å². The highest BCUT2D eigenvalue weighted by atomic mass is 16.6. The van der Waals surface area contributed by atoms with Gasteiger partial charge in [-0.3, -0.25) is 4.79 Å². The Morgan fingerprint density at radius 2 is 1.93 bits per heavy atom. The molecule has 0 radical (unpaired) electrons. The fraction of sp³-hybridized carbons (Fsp3) is 0.615. The molecule has 4 aliphatic rings. The number of esters is 1. The largest absolute Gasteiger partial charge is 0.458 e. The lowest BCUT2D eigenvalue weighted by Gasteiger charge is -2.31. The van der Waals surface area contributed by atoms with Gasteiger partial charge in [0.05, 0.1) is 5.92 Å². The van der Waals surface area contributed by atoms with Crippen LogP contribution in [0.2, 0.25) is 0 Å². The molecule has 2 heteroatoms. The van der Waals surface area contributed by atoms with Crippen LogP contribution in [0.4, 0.5) is 0 Å². The van der Waals surface area contributed by atoms with Crippen molar-refractivity contribution in [2.45, 2.75) is 24.9 Å². The molecule has 2 fully saturated rings. The van der Waals surface area contributed by atoms with E-state index in [1.54, 1.807) is 0 Å². The van der Waals surface area contributed by atoms with E-state index in [0.29, 0.717) is 17.8 Å². The zero-order valence-electron chi connectivity index (χ0n) is 8.56. The van der Waals surface area contributed by atoms with Crippen LogP contribution in [-0.4, -0.2) is 11.6 Å². The Balaban J connectivity index is 1.80. The summed E-state index contributed by atoms with van der Waals surface area (Å²) >= 11 is 0. The van der Waals surface area contributed by atoms with E-state index in [2.05, 4.69) is 24.3 Å². The van der Waals surface area contributed by atoms with Crippen LogP contribution in [0.3, 0.4) is 0 Å². The van der Waals surface area contributed by atoms with Crippen molar-refractivity contribution in [2.24, 2.45) is 23.7 Å². The molecular formula is C13H14O2. The minimum Gasteiger partial charge on any atom is -0.458 e. The lowest BCUT2D eigenvalue weighted by Crippen LogP contribution is -2.36. The first kappa shape index (κ1) is 8.14. The average Bonchev–Trinajstić information content (AvgIpc) is 2.93. The molecule has 0 unspecified atom stereocenters. The lowest BCUT2D eigenvalue weighted by atomic mass is 9.73. The number of hydrogen-bond acceptors (Lipinski definition) is 2. The van der Waals surface area contributed by atoms with Gasteiger partial charge in [-0.15, -0.1) is 0 Å². The summed E-state index contributed by atoms with van der Waals surface area (Å²) in [6.45, 7) is 0. The predicted octanol–water partition coefficient (Wildman–Crippen LogP) is 2.07. The Morgan fingerprint density at radius 1 is 1.20 bits per heavy atom. The Kier molecular flexibility index (Phi) is 1.29. The number of hydrogen-bond donors (Lipinski definition) is 0. The molecule has 78 valence electrons. The molecule has 1 saturated heterocycles. The topological polar surface area (TPSA) is 26.3 Å². The molecule has 1 saturated carbocycles. The van der Waals surface area contributed by atoms with Gasteiger partial charge in [-0.2, -0.15) is 0 Å². The lowest BCUT2D eigenvalue weighted by molar-refractivity contribution is -0.151. The fourth-order valence-corrected chi connectivity index (χ4v) is 4.20. The number of rotatable bonds is 0. The summed E-state index contributed by atoms with van der Waals surface area (Å²) in [5.41, 5.74) is -0.147. The van der Waals surface area contributed by atoms with Crippen molar-refractivity contribution in [1.82, 2.24) is 0 Å². The molecule has 3 aliphatic carbocycles. The summed E-state index contributed by atoms with van der Waals surface area (Å²) in [4.78, 5) is 11.9. The van der Waals surface area contributed by atoms with E-state index in [4.69, 9.17) is 4.74 Å². The summed E-state index contributed by atoms with van der Waals surface area (Å²) in [6.07, 6.45) is 12.0. The van der Waals surface area contributed by atoms with Crippen molar-refractivity contribution in [3.8, 4) is 0 Å². The van der Waals surface area contributed by atoms with Gasteiger partial charge < -0.3 is 4.74 Å². The van der Waals surface area contributed by atoms with E-state index in [9.17, 15) is 4.79 Å². The van der Waals surface area contributed by atoms with E-state index in [1.807, 2.05) is 0 Å². The zero-order chi connectivity index (χ0) is 10.0. The van der Waals surface area contributed by atoms with Crippen LogP contribution >= 0.6 is 0 Å². The molecule has 0 N–H and O–H groups in total. The highest BCUT2D eigenvalue weighted by Gasteiger charge is 2.64. The third-order valence-electron chi connectivity index (χ3n) is 4.74. The molecule has 0 aromatic carbocycles. The van der Waals surface area contributed by atoms with Crippen molar-refractivity contribution >= 4 is 5.97 Å². The zero-order valence-corrected chi connectivity index (χ0v) is 8.56. The van der Waals surface area contributed by atoms with Crippen LogP contribution in [0.1, 0.15) is 19.3 Å². The monoisotopic (exact) mass is 202 g/mol. The molecule has 4 atom stereocenters. The van der Waals surface area contributed by atoms with Crippen molar-refractivity contribution < 1.29 is 9.53 Å². The predicted molar refractivity (Wildman–Crippen MR) is 54.9 cm³/mol. The molecule has 0 amide bonds. The maximum absolute atomic E-state index is 11.9. The van der Waals surface area contributed by atoms with Gasteiger partial charge in [0.2, 0.25) is 0 Å². The van der Waals surface area contributed by atoms with Crippen molar-refractivity contribution in [1.29, 1.82) is 0 Å². The second-order valence-corrected chi connectivity index (χ2v) is 5.37. The third kappa shape index (κ3) is 0.804. The van der Waals surface area contributed by atoms with E-state index in [1.165, 1.54) is 6.42 Å². The molecule has 1 spiro atoms. The Morgan fingerprint density at radius 3 is 2.73 bits per heavy atom. The van der Waals surface area contributed by atoms with E-state index in [0.717, 1.165) is 12.8 Å². The normalized spacial score (nSPS) is 47.9. The molecule has 0 aromatic heterocycles. The maximum atomic E-state index is 11.9. The molecule has 4 rings (SSSR count). The third-order valence-corrected chi connectivity index (χ3v) is 4.74. The number of ether oxygens (including phenoxy) is 1. The fourth-order valence-electron chi connectivity index (χ4n) is 4.20. The van der Waals surface area contributed by atoms with Gasteiger partial charge in [-0.25, -0.2) is 0 Å². The summed E-state index contributed by atoms with van der Waals surface area (Å²) in [5, 5.41) is 0. The minimum absolute atomic E-state index is 0.0700. The van der Waals surface area contributed by atoms with Crippen LogP contribution < -0.4 is 0 Å². The number of carbonyl (C=O) groups is 1. The molecule has 15 heavy (non-hydrogen) atoms. The van der Waals surface area contributed by atoms with Crippen molar-refractivity contribution in [3.63, 3.8) is 0 Å². The molecule has 0 aromatic rings. The summed E-state index contributed by atoms with van der Waals surface area (Å²) in [5.74, 6) is 1.80. The van der Waals surface area contributed by atoms with Gasteiger partial charge >= 0.3 is 5.97 Å². The number of allylic oxidation sites excluding steroid dienone is 2. The molecule has 2 bridgehead atoms. The highest BCUT2D eigenvalue weighted by molar-refractivity contribution is 5.78. The van der Waals surface area contributed by atoms with Gasteiger partial charge in [0, 0.05) is 18.8 Å². The number of fused-ring (bicyclic) bond motifs is 6.